The van der Waals surface area contributed by atoms with Crippen molar-refractivity contribution in [2.75, 3.05) is 19.7 Å². The highest BCUT2D eigenvalue weighted by Crippen LogP contribution is 2.44. The minimum absolute atomic E-state index is 0.0103. The molecule has 7 nitrogen and oxygen atoms in total. The number of aromatic amines is 1. The Hall–Kier alpha value is -2.35. The van der Waals surface area contributed by atoms with Gasteiger partial charge < -0.3 is 19.4 Å². The van der Waals surface area contributed by atoms with Crippen LogP contribution in [0.3, 0.4) is 0 Å². The molecule has 2 atom stereocenters. The number of fused-ring (bicyclic) bond motifs is 1. The van der Waals surface area contributed by atoms with Crippen molar-refractivity contribution in [1.82, 2.24) is 14.5 Å². The van der Waals surface area contributed by atoms with Crippen LogP contribution in [-0.4, -0.2) is 58.1 Å². The first-order chi connectivity index (χ1) is 14.6. The molecule has 31 heavy (non-hydrogen) atoms. The Kier molecular flexibility index (Phi) is 5.85. The molecule has 4 rings (SSSR count). The second-order valence-electron chi connectivity index (χ2n) is 9.87. The lowest BCUT2D eigenvalue weighted by Gasteiger charge is -2.39. The number of imidazole rings is 1. The van der Waals surface area contributed by atoms with Gasteiger partial charge in [-0.05, 0) is 63.5 Å². The van der Waals surface area contributed by atoms with Crippen LogP contribution in [0.2, 0.25) is 0 Å². The molecule has 0 unspecified atom stereocenters. The molecule has 2 fully saturated rings. The summed E-state index contributed by atoms with van der Waals surface area (Å²) in [6.45, 7) is 6.38. The van der Waals surface area contributed by atoms with E-state index in [0.29, 0.717) is 31.4 Å². The monoisotopic (exact) mass is 433 g/mol. The predicted octanol–water partition coefficient (Wildman–Crippen LogP) is 3.72. The Labute approximate surface area is 181 Å². The highest BCUT2D eigenvalue weighted by atomic mass is 19.1. The molecule has 1 amide bonds. The molecule has 2 aromatic rings. The summed E-state index contributed by atoms with van der Waals surface area (Å²) >= 11 is 0. The summed E-state index contributed by atoms with van der Waals surface area (Å²) in [6.07, 6.45) is 0.246. The van der Waals surface area contributed by atoms with E-state index in [1.165, 1.54) is 10.5 Å². The Morgan fingerprint density at radius 1 is 1.29 bits per heavy atom. The summed E-state index contributed by atoms with van der Waals surface area (Å²) < 4.78 is 27.5. The summed E-state index contributed by atoms with van der Waals surface area (Å²) in [5.41, 5.74) is 2.32. The van der Waals surface area contributed by atoms with Crippen LogP contribution in [0.1, 0.15) is 51.5 Å². The van der Waals surface area contributed by atoms with Gasteiger partial charge in [-0.3, -0.25) is 4.57 Å². The number of halogens is 1. The zero-order valence-electron chi connectivity index (χ0n) is 18.7. The molecule has 1 saturated carbocycles. The van der Waals surface area contributed by atoms with Crippen LogP contribution in [0.5, 0.6) is 0 Å². The molecular weight excluding hydrogens is 401 g/mol. The van der Waals surface area contributed by atoms with Gasteiger partial charge in [0, 0.05) is 20.2 Å². The number of nitrogens with zero attached hydrogens (tertiary/aromatic N) is 2. The second-order valence-corrected chi connectivity index (χ2v) is 9.87. The number of piperidine rings is 1. The van der Waals surface area contributed by atoms with Gasteiger partial charge in [0.25, 0.3) is 0 Å². The molecule has 170 valence electrons. The quantitative estimate of drug-likeness (QED) is 0.797. The van der Waals surface area contributed by atoms with Crippen molar-refractivity contribution in [3.8, 4) is 0 Å². The summed E-state index contributed by atoms with van der Waals surface area (Å²) in [6, 6.07) is 5.98. The lowest BCUT2D eigenvalue weighted by Crippen LogP contribution is -2.50. The number of H-pyrrole nitrogens is 1. The van der Waals surface area contributed by atoms with Crippen LogP contribution >= 0.6 is 0 Å². The third kappa shape index (κ3) is 4.63. The molecule has 1 aliphatic heterocycles. The molecule has 2 aliphatic rings. The van der Waals surface area contributed by atoms with Crippen molar-refractivity contribution >= 4 is 17.1 Å². The van der Waals surface area contributed by atoms with Crippen molar-refractivity contribution in [1.29, 1.82) is 0 Å². The van der Waals surface area contributed by atoms with Crippen molar-refractivity contribution in [2.45, 2.75) is 63.8 Å². The van der Waals surface area contributed by atoms with Gasteiger partial charge in [-0.15, -0.1) is 0 Å². The molecule has 1 aromatic carbocycles. The van der Waals surface area contributed by atoms with Crippen LogP contribution in [0.25, 0.3) is 11.0 Å². The first-order valence-corrected chi connectivity index (χ1v) is 11.0. The maximum Gasteiger partial charge on any atom is 0.410 e. The average molecular weight is 434 g/mol. The van der Waals surface area contributed by atoms with E-state index in [1.807, 2.05) is 12.1 Å². The predicted molar refractivity (Wildman–Crippen MR) is 116 cm³/mol. The van der Waals surface area contributed by atoms with Crippen molar-refractivity contribution in [3.05, 3.63) is 34.2 Å². The fourth-order valence-corrected chi connectivity index (χ4v) is 4.62. The van der Waals surface area contributed by atoms with Gasteiger partial charge in [-0.2, -0.15) is 0 Å². The maximum atomic E-state index is 14.6. The SMILES string of the molecule is Cn1c(=O)[nH]c2cccc(C3CC(CO[C@@H]4CCN(C(=O)OC(C)(C)C)C[C@@H]4F)C3)c21. The smallest absolute Gasteiger partial charge is 0.410 e. The number of aromatic nitrogens is 2. The third-order valence-electron chi connectivity index (χ3n) is 6.30. The van der Waals surface area contributed by atoms with Crippen LogP contribution < -0.4 is 5.69 Å². The standard InChI is InChI=1S/C23H32FN3O4/c1-23(2,3)31-22(29)27-9-8-19(17(24)12-27)30-13-14-10-15(11-14)16-6-5-7-18-20(16)26(4)21(28)25-18/h5-7,14-15,17,19H,8-13H2,1-4H3,(H,25,28)/t14?,15?,17-,19+/m0/s1. The van der Waals surface area contributed by atoms with E-state index in [1.54, 1.807) is 32.4 Å². The van der Waals surface area contributed by atoms with Crippen molar-refractivity contribution in [3.63, 3.8) is 0 Å². The lowest BCUT2D eigenvalue weighted by atomic mass is 9.71. The Balaban J connectivity index is 1.26. The van der Waals surface area contributed by atoms with Gasteiger partial charge in [0.05, 0.1) is 23.7 Å². The third-order valence-corrected chi connectivity index (χ3v) is 6.30. The highest BCUT2D eigenvalue weighted by Gasteiger charge is 2.37. The summed E-state index contributed by atoms with van der Waals surface area (Å²) in [4.78, 5) is 28.4. The maximum absolute atomic E-state index is 14.6. The van der Waals surface area contributed by atoms with Gasteiger partial charge in [0.1, 0.15) is 11.8 Å². The number of nitrogens with one attached hydrogen (secondary N) is 1. The van der Waals surface area contributed by atoms with Gasteiger partial charge >= 0.3 is 11.8 Å². The molecule has 0 bridgehead atoms. The Morgan fingerprint density at radius 3 is 2.71 bits per heavy atom. The minimum Gasteiger partial charge on any atom is -0.444 e. The number of hydrogen-bond acceptors (Lipinski definition) is 4. The van der Waals surface area contributed by atoms with Crippen LogP contribution in [0, 0.1) is 5.92 Å². The number of likely N-dealkylation sites (tertiary alicyclic amines) is 1. The van der Waals surface area contributed by atoms with E-state index in [4.69, 9.17) is 9.47 Å². The van der Waals surface area contributed by atoms with Crippen molar-refractivity contribution in [2.24, 2.45) is 13.0 Å². The number of hydrogen-bond donors (Lipinski definition) is 1. The van der Waals surface area contributed by atoms with Gasteiger partial charge in [-0.1, -0.05) is 12.1 Å². The minimum atomic E-state index is -1.21. The second kappa shape index (κ2) is 8.30. The molecule has 0 spiro atoms. The number of benzene rings is 1. The number of rotatable bonds is 4. The fourth-order valence-electron chi connectivity index (χ4n) is 4.62. The number of aryl methyl sites for hydroxylation is 1. The average Bonchev–Trinajstić information content (AvgIpc) is 2.94. The first kappa shape index (κ1) is 21.9. The summed E-state index contributed by atoms with van der Waals surface area (Å²) in [5, 5.41) is 0. The zero-order valence-corrected chi connectivity index (χ0v) is 18.7. The molecule has 1 aromatic heterocycles. The van der Waals surface area contributed by atoms with E-state index < -0.39 is 24.0 Å². The van der Waals surface area contributed by atoms with E-state index >= 15 is 0 Å². The number of alkyl halides is 1. The zero-order chi connectivity index (χ0) is 22.3. The Morgan fingerprint density at radius 2 is 2.03 bits per heavy atom. The number of carbonyl (C=O) groups excluding carboxylic acids is 1. The first-order valence-electron chi connectivity index (χ1n) is 11.0. The van der Waals surface area contributed by atoms with E-state index in [2.05, 4.69) is 11.1 Å². The topological polar surface area (TPSA) is 76.6 Å². The van der Waals surface area contributed by atoms with Crippen LogP contribution in [0.4, 0.5) is 9.18 Å². The number of carbonyl (C=O) groups is 1. The van der Waals surface area contributed by atoms with Crippen molar-refractivity contribution < 1.29 is 18.7 Å². The molecule has 8 heteroatoms. The number of ether oxygens (including phenoxy) is 2. The molecule has 2 heterocycles. The molecule has 1 saturated heterocycles. The molecular formula is C23H32FN3O4. The van der Waals surface area contributed by atoms with Gasteiger partial charge in [-0.25, -0.2) is 14.0 Å². The normalized spacial score (nSPS) is 26.7. The van der Waals surface area contributed by atoms with Gasteiger partial charge in [0.2, 0.25) is 0 Å². The Bertz CT molecular complexity index is 1000. The summed E-state index contributed by atoms with van der Waals surface area (Å²) in [7, 11) is 1.79. The lowest BCUT2D eigenvalue weighted by molar-refractivity contribution is -0.0693. The van der Waals surface area contributed by atoms with E-state index in [9.17, 15) is 14.0 Å². The number of para-hydroxylation sites is 1. The molecule has 1 aliphatic carbocycles. The molecule has 0 radical (unpaired) electrons. The number of amides is 1. The molecule has 1 N–H and O–H groups in total. The fraction of sp³-hybridized carbons (Fsp3) is 0.652. The van der Waals surface area contributed by atoms with E-state index in [0.717, 1.165) is 23.9 Å². The van der Waals surface area contributed by atoms with Crippen LogP contribution in [0.15, 0.2) is 23.0 Å². The van der Waals surface area contributed by atoms with Crippen LogP contribution in [-0.2, 0) is 16.5 Å². The highest BCUT2D eigenvalue weighted by molar-refractivity contribution is 5.79. The van der Waals surface area contributed by atoms with Gasteiger partial charge in [0.15, 0.2) is 0 Å². The summed E-state index contributed by atoms with van der Waals surface area (Å²) in [5.74, 6) is 0.765. The largest absolute Gasteiger partial charge is 0.444 e. The van der Waals surface area contributed by atoms with E-state index in [-0.39, 0.29) is 12.2 Å².